The Hall–Kier alpha value is -3.29. The minimum absolute atomic E-state index is 0.105. The van der Waals surface area contributed by atoms with Crippen molar-refractivity contribution in [1.29, 1.82) is 0 Å². The largest absolute Gasteiger partial charge is 0.410 e. The van der Waals surface area contributed by atoms with Crippen molar-refractivity contribution in [1.82, 2.24) is 14.7 Å². The lowest BCUT2D eigenvalue weighted by molar-refractivity contribution is -0.173. The lowest BCUT2D eigenvalue weighted by atomic mass is 9.95. The highest BCUT2D eigenvalue weighted by atomic mass is 19.4. The minimum atomic E-state index is -4.49. The van der Waals surface area contributed by atoms with E-state index in [1.807, 2.05) is 61.5 Å². The number of hydrogen-bond donors (Lipinski definition) is 1. The summed E-state index contributed by atoms with van der Waals surface area (Å²) in [6.45, 7) is 2.37. The Morgan fingerprint density at radius 1 is 1.12 bits per heavy atom. The van der Waals surface area contributed by atoms with Crippen LogP contribution in [0.4, 0.5) is 19.0 Å². The van der Waals surface area contributed by atoms with Crippen LogP contribution in [0.25, 0.3) is 0 Å². The molecule has 1 aliphatic rings. The van der Waals surface area contributed by atoms with E-state index in [9.17, 15) is 18.0 Å². The maximum atomic E-state index is 13.9. The average Bonchev–Trinajstić information content (AvgIpc) is 3.21. The van der Waals surface area contributed by atoms with E-state index in [1.165, 1.54) is 11.1 Å². The van der Waals surface area contributed by atoms with E-state index < -0.39 is 18.3 Å². The van der Waals surface area contributed by atoms with Crippen molar-refractivity contribution in [3.05, 3.63) is 83.0 Å². The van der Waals surface area contributed by atoms with Crippen LogP contribution in [0.3, 0.4) is 0 Å². The SMILES string of the molecule is CCc1ccc([C@H]2C[C@H](C(F)(F)F)n3ncc(C(=O)N(C)Cc4ccccc4)c3N2)cc1. The smallest absolute Gasteiger partial charge is 0.363 e. The number of nitrogens with zero attached hydrogens (tertiary/aromatic N) is 3. The molecule has 0 fully saturated rings. The first kappa shape index (κ1) is 21.9. The van der Waals surface area contributed by atoms with Gasteiger partial charge in [0.15, 0.2) is 6.04 Å². The Morgan fingerprint density at radius 2 is 1.81 bits per heavy atom. The third kappa shape index (κ3) is 4.35. The van der Waals surface area contributed by atoms with E-state index in [-0.39, 0.29) is 23.7 Å². The molecule has 4 rings (SSSR count). The zero-order valence-electron chi connectivity index (χ0n) is 17.9. The fourth-order valence-electron chi connectivity index (χ4n) is 4.06. The number of alkyl halides is 3. The van der Waals surface area contributed by atoms with Gasteiger partial charge in [0.1, 0.15) is 11.4 Å². The van der Waals surface area contributed by atoms with Crippen LogP contribution in [0.15, 0.2) is 60.8 Å². The Labute approximate surface area is 184 Å². The summed E-state index contributed by atoms with van der Waals surface area (Å²) in [6, 6.07) is 14.6. The second kappa shape index (κ2) is 8.68. The van der Waals surface area contributed by atoms with Gasteiger partial charge in [0, 0.05) is 20.0 Å². The monoisotopic (exact) mass is 442 g/mol. The summed E-state index contributed by atoms with van der Waals surface area (Å²) in [5.74, 6) is -0.279. The molecule has 0 saturated heterocycles. The second-order valence-corrected chi connectivity index (χ2v) is 8.08. The van der Waals surface area contributed by atoms with Crippen molar-refractivity contribution in [2.75, 3.05) is 12.4 Å². The molecule has 1 aliphatic heterocycles. The number of carbonyl (C=O) groups excluding carboxylic acids is 1. The number of carbonyl (C=O) groups is 1. The highest BCUT2D eigenvalue weighted by Crippen LogP contribution is 2.44. The molecule has 3 aromatic rings. The molecule has 1 N–H and O–H groups in total. The normalized spacial score (nSPS) is 18.0. The van der Waals surface area contributed by atoms with Gasteiger partial charge in [-0.3, -0.25) is 4.79 Å². The van der Waals surface area contributed by atoms with Gasteiger partial charge in [-0.05, 0) is 23.1 Å². The molecule has 2 heterocycles. The number of nitrogens with one attached hydrogen (secondary N) is 1. The first-order chi connectivity index (χ1) is 15.3. The van der Waals surface area contributed by atoms with Crippen LogP contribution >= 0.6 is 0 Å². The molecule has 32 heavy (non-hydrogen) atoms. The lowest BCUT2D eigenvalue weighted by Gasteiger charge is -2.34. The summed E-state index contributed by atoms with van der Waals surface area (Å²) in [7, 11) is 1.63. The third-order valence-electron chi connectivity index (χ3n) is 5.87. The fraction of sp³-hybridized carbons (Fsp3) is 0.333. The van der Waals surface area contributed by atoms with E-state index >= 15 is 0 Å². The summed E-state index contributed by atoms with van der Waals surface area (Å²) in [5.41, 5.74) is 2.92. The van der Waals surface area contributed by atoms with Crippen molar-refractivity contribution in [2.45, 2.75) is 44.6 Å². The molecule has 0 unspecified atom stereocenters. The molecule has 2 atom stereocenters. The van der Waals surface area contributed by atoms with Crippen LogP contribution < -0.4 is 5.32 Å². The van der Waals surface area contributed by atoms with Crippen molar-refractivity contribution in [2.24, 2.45) is 0 Å². The Balaban J connectivity index is 1.65. The number of fused-ring (bicyclic) bond motifs is 1. The fourth-order valence-corrected chi connectivity index (χ4v) is 4.06. The van der Waals surface area contributed by atoms with Gasteiger partial charge in [-0.2, -0.15) is 18.3 Å². The maximum absolute atomic E-state index is 13.9. The van der Waals surface area contributed by atoms with Crippen LogP contribution in [-0.4, -0.2) is 33.8 Å². The van der Waals surface area contributed by atoms with Gasteiger partial charge in [0.2, 0.25) is 0 Å². The van der Waals surface area contributed by atoms with Crippen molar-refractivity contribution in [3.63, 3.8) is 0 Å². The van der Waals surface area contributed by atoms with Gasteiger partial charge in [0.25, 0.3) is 5.91 Å². The summed E-state index contributed by atoms with van der Waals surface area (Å²) in [6.07, 6.45) is -2.60. The van der Waals surface area contributed by atoms with Crippen molar-refractivity contribution < 1.29 is 18.0 Å². The van der Waals surface area contributed by atoms with E-state index in [2.05, 4.69) is 10.4 Å². The number of aromatic nitrogens is 2. The molecule has 0 spiro atoms. The molecule has 0 radical (unpaired) electrons. The van der Waals surface area contributed by atoms with E-state index in [0.717, 1.165) is 27.8 Å². The average molecular weight is 442 g/mol. The van der Waals surface area contributed by atoms with E-state index in [0.29, 0.717) is 6.54 Å². The molecule has 8 heteroatoms. The zero-order chi connectivity index (χ0) is 22.9. The lowest BCUT2D eigenvalue weighted by Crippen LogP contribution is -2.36. The molecular weight excluding hydrogens is 417 g/mol. The number of rotatable bonds is 5. The first-order valence-corrected chi connectivity index (χ1v) is 10.6. The van der Waals surface area contributed by atoms with Gasteiger partial charge >= 0.3 is 6.18 Å². The number of amides is 1. The summed E-state index contributed by atoms with van der Waals surface area (Å²) in [5, 5.41) is 7.11. The Morgan fingerprint density at radius 3 is 2.44 bits per heavy atom. The number of benzene rings is 2. The Kier molecular flexibility index (Phi) is 5.95. The minimum Gasteiger partial charge on any atom is -0.363 e. The van der Waals surface area contributed by atoms with Gasteiger partial charge in [0.05, 0.1) is 12.2 Å². The van der Waals surface area contributed by atoms with E-state index in [4.69, 9.17) is 0 Å². The third-order valence-corrected chi connectivity index (χ3v) is 5.87. The van der Waals surface area contributed by atoms with Crippen LogP contribution in [0.1, 0.15) is 52.5 Å². The molecule has 0 aliphatic carbocycles. The van der Waals surface area contributed by atoms with Gasteiger partial charge < -0.3 is 10.2 Å². The number of anilines is 1. The first-order valence-electron chi connectivity index (χ1n) is 10.6. The molecular formula is C24H25F3N4O. The predicted octanol–water partition coefficient (Wildman–Crippen LogP) is 5.38. The quantitative estimate of drug-likeness (QED) is 0.577. The zero-order valence-corrected chi connectivity index (χ0v) is 17.9. The molecule has 5 nitrogen and oxygen atoms in total. The van der Waals surface area contributed by atoms with Crippen molar-refractivity contribution in [3.8, 4) is 0 Å². The van der Waals surface area contributed by atoms with Crippen LogP contribution in [-0.2, 0) is 13.0 Å². The second-order valence-electron chi connectivity index (χ2n) is 8.08. The highest BCUT2D eigenvalue weighted by Gasteiger charge is 2.47. The number of hydrogen-bond acceptors (Lipinski definition) is 3. The molecule has 2 aromatic carbocycles. The Bertz CT molecular complexity index is 1080. The summed E-state index contributed by atoms with van der Waals surface area (Å²) < 4.78 is 42.6. The number of halogens is 3. The summed E-state index contributed by atoms with van der Waals surface area (Å²) in [4.78, 5) is 14.6. The van der Waals surface area contributed by atoms with Crippen LogP contribution in [0.2, 0.25) is 0 Å². The standard InChI is InChI=1S/C24H25F3N4O/c1-3-16-9-11-18(12-10-16)20-13-21(24(25,26)27)31-22(29-20)19(14-28-31)23(32)30(2)15-17-7-5-4-6-8-17/h4-12,14,20-21,29H,3,13,15H2,1-2H3/t20-,21-/m1/s1. The van der Waals surface area contributed by atoms with Gasteiger partial charge in [-0.25, -0.2) is 4.68 Å². The van der Waals surface area contributed by atoms with Crippen molar-refractivity contribution >= 4 is 11.7 Å². The molecule has 1 amide bonds. The van der Waals surface area contributed by atoms with Crippen LogP contribution in [0.5, 0.6) is 0 Å². The molecule has 1 aromatic heterocycles. The highest BCUT2D eigenvalue weighted by molar-refractivity contribution is 5.98. The number of aryl methyl sites for hydroxylation is 1. The summed E-state index contributed by atoms with van der Waals surface area (Å²) >= 11 is 0. The molecule has 0 saturated carbocycles. The van der Waals surface area contributed by atoms with Crippen LogP contribution in [0, 0.1) is 0 Å². The van der Waals surface area contributed by atoms with E-state index in [1.54, 1.807) is 7.05 Å². The van der Waals surface area contributed by atoms with Gasteiger partial charge in [-0.15, -0.1) is 0 Å². The maximum Gasteiger partial charge on any atom is 0.410 e. The predicted molar refractivity (Wildman–Crippen MR) is 116 cm³/mol. The topological polar surface area (TPSA) is 50.2 Å². The molecule has 0 bridgehead atoms. The van der Waals surface area contributed by atoms with Gasteiger partial charge in [-0.1, -0.05) is 61.5 Å². The molecule has 168 valence electrons.